The average molecular weight is 447 g/mol. The third-order valence-electron chi connectivity index (χ3n) is 7.92. The first-order valence-corrected chi connectivity index (χ1v) is 12.0. The lowest BCUT2D eigenvalue weighted by Gasteiger charge is -2.11. The Balaban J connectivity index is 1.40. The molecule has 0 spiro atoms. The Morgan fingerprint density at radius 1 is 0.600 bits per heavy atom. The fourth-order valence-corrected chi connectivity index (χ4v) is 6.40. The van der Waals surface area contributed by atoms with Crippen LogP contribution in [0.25, 0.3) is 60.7 Å². The second-order valence-corrected chi connectivity index (χ2v) is 9.74. The van der Waals surface area contributed by atoms with Crippen LogP contribution in [-0.4, -0.2) is 19.4 Å². The van der Waals surface area contributed by atoms with Crippen molar-refractivity contribution in [2.75, 3.05) is 0 Å². The lowest BCUT2D eigenvalue weighted by atomic mass is 9.96. The van der Waals surface area contributed by atoms with E-state index < -0.39 is 0 Å². The van der Waals surface area contributed by atoms with Gasteiger partial charge >= 0.3 is 0 Å². The molecular weight excluding hydrogens is 428 g/mol. The molecule has 0 radical (unpaired) electrons. The van der Waals surface area contributed by atoms with Gasteiger partial charge in [0.05, 0.1) is 11.7 Å². The first-order chi connectivity index (χ1) is 17.3. The summed E-state index contributed by atoms with van der Waals surface area (Å²) in [5.74, 6) is 0. The predicted octanol–water partition coefficient (Wildman–Crippen LogP) is 6.73. The number of nitrogens with zero attached hydrogens (tertiary/aromatic N) is 4. The molecule has 0 unspecified atom stereocenters. The van der Waals surface area contributed by atoms with Crippen LogP contribution in [-0.2, 0) is 12.8 Å². The van der Waals surface area contributed by atoms with Crippen molar-refractivity contribution in [1.82, 2.24) is 19.4 Å². The highest BCUT2D eigenvalue weighted by Crippen LogP contribution is 2.46. The van der Waals surface area contributed by atoms with Crippen molar-refractivity contribution in [3.63, 3.8) is 0 Å². The minimum absolute atomic E-state index is 0.891. The Kier molecular flexibility index (Phi) is 3.11. The van der Waals surface area contributed by atoms with Crippen molar-refractivity contribution in [3.05, 3.63) is 108 Å². The molecule has 0 fully saturated rings. The van der Waals surface area contributed by atoms with E-state index >= 15 is 0 Å². The van der Waals surface area contributed by atoms with Crippen LogP contribution in [0.3, 0.4) is 0 Å². The quantitative estimate of drug-likeness (QED) is 0.243. The summed E-state index contributed by atoms with van der Waals surface area (Å²) in [7, 11) is 0. The Labute approximate surface area is 200 Å². The van der Waals surface area contributed by atoms with E-state index in [-0.39, 0.29) is 0 Å². The fourth-order valence-electron chi connectivity index (χ4n) is 6.40. The molecule has 35 heavy (non-hydrogen) atoms. The molecule has 7 aromatic rings. The number of benzene rings is 3. The zero-order valence-corrected chi connectivity index (χ0v) is 18.8. The minimum Gasteiger partial charge on any atom is -0.276 e. The van der Waals surface area contributed by atoms with Gasteiger partial charge in [-0.1, -0.05) is 30.3 Å². The van der Waals surface area contributed by atoms with Crippen molar-refractivity contribution in [2.45, 2.75) is 12.8 Å². The van der Waals surface area contributed by atoms with Crippen LogP contribution in [0.1, 0.15) is 22.3 Å². The number of imidazole rings is 1. The summed E-state index contributed by atoms with van der Waals surface area (Å²) in [5, 5.41) is 3.53. The van der Waals surface area contributed by atoms with E-state index in [1.165, 1.54) is 49.9 Å². The van der Waals surface area contributed by atoms with Crippen LogP contribution in [0, 0.1) is 0 Å². The van der Waals surface area contributed by atoms with Gasteiger partial charge in [0.15, 0.2) is 0 Å². The van der Waals surface area contributed by atoms with Gasteiger partial charge in [-0.15, -0.1) is 0 Å². The maximum Gasteiger partial charge on any atom is 0.147 e. The topological polar surface area (TPSA) is 43.1 Å². The summed E-state index contributed by atoms with van der Waals surface area (Å²) < 4.78 is 2.19. The predicted molar refractivity (Wildman–Crippen MR) is 140 cm³/mol. The minimum atomic E-state index is 0.891. The van der Waals surface area contributed by atoms with Crippen LogP contribution in [0.4, 0.5) is 0 Å². The first kappa shape index (κ1) is 17.8. The van der Waals surface area contributed by atoms with Gasteiger partial charge in [-0.05, 0) is 99.1 Å². The molecule has 0 saturated heterocycles. The molecule has 0 bridgehead atoms. The standard InChI is InChI=1S/C31H18N4/c1-2-5-21-17(4-1)10-18-11-19-12-20-13-26-22-6-3-8-33-30(22)35-29-7-9-32-16-28(29)34-31(35)27(26)15-25(20)24(19)14-23(18)21/h1-9,11,13-16H,10,12H2. The SMILES string of the molecule is c1ccc2c(c1)Cc1cc3c(cc1-2)-c1cc2c(cc1C3)c1cccnc1n1c3ccncc3nc21. The molecule has 4 aromatic heterocycles. The van der Waals surface area contributed by atoms with Crippen LogP contribution in [0.2, 0.25) is 0 Å². The molecule has 0 atom stereocenters. The normalized spacial score (nSPS) is 13.5. The largest absolute Gasteiger partial charge is 0.276 e. The smallest absolute Gasteiger partial charge is 0.147 e. The van der Waals surface area contributed by atoms with E-state index in [2.05, 4.69) is 64.0 Å². The molecule has 0 aliphatic heterocycles. The summed E-state index contributed by atoms with van der Waals surface area (Å²) in [6.45, 7) is 0. The molecule has 3 aromatic carbocycles. The second-order valence-electron chi connectivity index (χ2n) is 9.74. The molecule has 0 saturated carbocycles. The van der Waals surface area contributed by atoms with Gasteiger partial charge in [0, 0.05) is 23.2 Å². The molecule has 0 amide bonds. The summed E-state index contributed by atoms with van der Waals surface area (Å²) >= 11 is 0. The summed E-state index contributed by atoms with van der Waals surface area (Å²) in [6, 6.07) is 24.7. The van der Waals surface area contributed by atoms with Crippen molar-refractivity contribution in [3.8, 4) is 22.3 Å². The van der Waals surface area contributed by atoms with Crippen molar-refractivity contribution < 1.29 is 0 Å². The van der Waals surface area contributed by atoms with Crippen molar-refractivity contribution in [2.24, 2.45) is 0 Å². The number of rotatable bonds is 0. The third kappa shape index (κ3) is 2.20. The van der Waals surface area contributed by atoms with Gasteiger partial charge in [0.1, 0.15) is 16.8 Å². The molecule has 2 aliphatic carbocycles. The van der Waals surface area contributed by atoms with E-state index in [1.54, 1.807) is 0 Å². The van der Waals surface area contributed by atoms with Crippen molar-refractivity contribution in [1.29, 1.82) is 0 Å². The zero-order valence-electron chi connectivity index (χ0n) is 18.8. The van der Waals surface area contributed by atoms with Gasteiger partial charge in [-0.2, -0.15) is 0 Å². The van der Waals surface area contributed by atoms with E-state index in [0.717, 1.165) is 45.9 Å². The second kappa shape index (κ2) is 6.10. The Morgan fingerprint density at radius 3 is 2.40 bits per heavy atom. The van der Waals surface area contributed by atoms with E-state index in [4.69, 9.17) is 9.97 Å². The third-order valence-corrected chi connectivity index (χ3v) is 7.92. The molecule has 9 rings (SSSR count). The first-order valence-electron chi connectivity index (χ1n) is 12.0. The monoisotopic (exact) mass is 446 g/mol. The molecule has 4 nitrogen and oxygen atoms in total. The summed E-state index contributed by atoms with van der Waals surface area (Å²) in [6.07, 6.45) is 7.53. The van der Waals surface area contributed by atoms with Crippen LogP contribution in [0.5, 0.6) is 0 Å². The Bertz CT molecular complexity index is 2070. The van der Waals surface area contributed by atoms with Gasteiger partial charge < -0.3 is 0 Å². The maximum atomic E-state index is 5.02. The van der Waals surface area contributed by atoms with Gasteiger partial charge in [-0.3, -0.25) is 9.38 Å². The molecule has 0 N–H and O–H groups in total. The lowest BCUT2D eigenvalue weighted by molar-refractivity contribution is 1.21. The summed E-state index contributed by atoms with van der Waals surface area (Å²) in [4.78, 5) is 14.1. The Morgan fingerprint density at radius 2 is 1.43 bits per heavy atom. The highest BCUT2D eigenvalue weighted by molar-refractivity contribution is 6.14. The van der Waals surface area contributed by atoms with Crippen LogP contribution in [0.15, 0.2) is 85.3 Å². The highest BCUT2D eigenvalue weighted by atomic mass is 15.1. The molecule has 2 aliphatic rings. The van der Waals surface area contributed by atoms with Gasteiger partial charge in [-0.25, -0.2) is 9.97 Å². The van der Waals surface area contributed by atoms with E-state index in [1.807, 2.05) is 30.7 Å². The molecular formula is C31H18N4. The van der Waals surface area contributed by atoms with Gasteiger partial charge in [0.2, 0.25) is 0 Å². The number of hydrogen-bond donors (Lipinski definition) is 0. The van der Waals surface area contributed by atoms with E-state index in [9.17, 15) is 0 Å². The van der Waals surface area contributed by atoms with Crippen LogP contribution < -0.4 is 0 Å². The maximum absolute atomic E-state index is 5.02. The highest BCUT2D eigenvalue weighted by Gasteiger charge is 2.26. The van der Waals surface area contributed by atoms with Gasteiger partial charge in [0.25, 0.3) is 0 Å². The van der Waals surface area contributed by atoms with E-state index in [0.29, 0.717) is 0 Å². The molecule has 4 heteroatoms. The lowest BCUT2D eigenvalue weighted by Crippen LogP contribution is -1.95. The fraction of sp³-hybridized carbons (Fsp3) is 0.0645. The van der Waals surface area contributed by atoms with Crippen molar-refractivity contribution >= 4 is 38.5 Å². The Hall–Kier alpha value is -4.57. The zero-order chi connectivity index (χ0) is 22.7. The number of pyridine rings is 3. The number of fused-ring (bicyclic) bond motifs is 14. The average Bonchev–Trinajstić information content (AvgIpc) is 3.57. The molecule has 4 heterocycles. The molecule has 162 valence electrons. The number of aromatic nitrogens is 4. The number of hydrogen-bond acceptors (Lipinski definition) is 3. The van der Waals surface area contributed by atoms with Crippen LogP contribution >= 0.6 is 0 Å². The summed E-state index contributed by atoms with van der Waals surface area (Å²) in [5.41, 5.74) is 15.0.